The molecule has 28 heavy (non-hydrogen) atoms. The summed E-state index contributed by atoms with van der Waals surface area (Å²) in [5, 5.41) is 7.31. The number of piperidine rings is 2. The van der Waals surface area contributed by atoms with Crippen LogP contribution in [0, 0.1) is 11.8 Å². The summed E-state index contributed by atoms with van der Waals surface area (Å²) in [6.07, 6.45) is 11.0. The molecule has 0 bridgehead atoms. The molecule has 154 valence electrons. The number of nitrogens with one attached hydrogen (secondary N) is 1. The highest BCUT2D eigenvalue weighted by Crippen LogP contribution is 2.32. The third kappa shape index (κ3) is 4.93. The number of amides is 2. The fourth-order valence-electron chi connectivity index (χ4n) is 4.62. The molecule has 3 fully saturated rings. The van der Waals surface area contributed by atoms with Crippen molar-refractivity contribution in [3.05, 3.63) is 18.5 Å². The zero-order valence-corrected chi connectivity index (χ0v) is 16.8. The minimum absolute atomic E-state index is 0.101. The van der Waals surface area contributed by atoms with Gasteiger partial charge in [0.15, 0.2) is 0 Å². The Labute approximate surface area is 167 Å². The lowest BCUT2D eigenvalue weighted by Gasteiger charge is -2.42. The van der Waals surface area contributed by atoms with E-state index in [0.717, 1.165) is 77.7 Å². The van der Waals surface area contributed by atoms with Crippen molar-refractivity contribution in [1.82, 2.24) is 24.9 Å². The number of nitrogens with zero attached hydrogens (tertiary/aromatic N) is 4. The molecule has 1 N–H and O–H groups in total. The van der Waals surface area contributed by atoms with Crippen LogP contribution in [0.2, 0.25) is 0 Å². The van der Waals surface area contributed by atoms with Crippen molar-refractivity contribution in [1.29, 1.82) is 0 Å². The van der Waals surface area contributed by atoms with Crippen LogP contribution < -0.4 is 5.32 Å². The summed E-state index contributed by atoms with van der Waals surface area (Å²) in [7, 11) is 0. The fourth-order valence-corrected chi connectivity index (χ4v) is 4.62. The number of aryl methyl sites for hydroxylation is 1. The predicted molar refractivity (Wildman–Crippen MR) is 106 cm³/mol. The molecule has 4 rings (SSSR count). The van der Waals surface area contributed by atoms with Crippen LogP contribution in [0.5, 0.6) is 0 Å². The lowest BCUT2D eigenvalue weighted by molar-refractivity contribution is -0.134. The van der Waals surface area contributed by atoms with Gasteiger partial charge in [-0.2, -0.15) is 5.10 Å². The first-order valence-electron chi connectivity index (χ1n) is 11.0. The van der Waals surface area contributed by atoms with E-state index in [1.807, 2.05) is 16.9 Å². The number of carbonyl (C=O) groups excluding carboxylic acids is 2. The van der Waals surface area contributed by atoms with E-state index in [0.29, 0.717) is 24.4 Å². The standard InChI is InChI=1S/C21H33N5O2/c27-20(22-9-2-12-26-13-3-10-23-26)18-4-1-11-25(16-18)19-7-14-24(15-8-19)21(28)17-5-6-17/h3,10,13,17-19H,1-2,4-9,11-12,14-16H2,(H,22,27)/t18-/m1/s1. The topological polar surface area (TPSA) is 70.5 Å². The Balaban J connectivity index is 1.17. The van der Waals surface area contributed by atoms with Gasteiger partial charge in [0.25, 0.3) is 0 Å². The highest BCUT2D eigenvalue weighted by molar-refractivity contribution is 5.81. The highest BCUT2D eigenvalue weighted by Gasteiger charge is 2.37. The summed E-state index contributed by atoms with van der Waals surface area (Å²) >= 11 is 0. The second-order valence-electron chi connectivity index (χ2n) is 8.58. The highest BCUT2D eigenvalue weighted by atomic mass is 16.2. The maximum Gasteiger partial charge on any atom is 0.225 e. The lowest BCUT2D eigenvalue weighted by Crippen LogP contribution is -2.51. The second-order valence-corrected chi connectivity index (χ2v) is 8.58. The van der Waals surface area contributed by atoms with Crippen molar-refractivity contribution in [2.24, 2.45) is 11.8 Å². The monoisotopic (exact) mass is 387 g/mol. The van der Waals surface area contributed by atoms with Crippen molar-refractivity contribution in [2.45, 2.75) is 57.5 Å². The van der Waals surface area contributed by atoms with Crippen molar-refractivity contribution in [3.63, 3.8) is 0 Å². The fraction of sp³-hybridized carbons (Fsp3) is 0.762. The zero-order chi connectivity index (χ0) is 19.3. The van der Waals surface area contributed by atoms with Gasteiger partial charge in [-0.15, -0.1) is 0 Å². The molecule has 7 nitrogen and oxygen atoms in total. The summed E-state index contributed by atoms with van der Waals surface area (Å²) in [5.41, 5.74) is 0. The number of hydrogen-bond acceptors (Lipinski definition) is 4. The van der Waals surface area contributed by atoms with Crippen molar-refractivity contribution in [2.75, 3.05) is 32.7 Å². The van der Waals surface area contributed by atoms with Gasteiger partial charge in [0.2, 0.25) is 11.8 Å². The van der Waals surface area contributed by atoms with Crippen molar-refractivity contribution in [3.8, 4) is 0 Å². The molecule has 2 saturated heterocycles. The van der Waals surface area contributed by atoms with Crippen LogP contribution >= 0.6 is 0 Å². The van der Waals surface area contributed by atoms with Crippen LogP contribution in [0.15, 0.2) is 18.5 Å². The average Bonchev–Trinajstić information content (AvgIpc) is 3.46. The van der Waals surface area contributed by atoms with E-state index in [2.05, 4.69) is 20.2 Å². The van der Waals surface area contributed by atoms with Gasteiger partial charge in [0.1, 0.15) is 0 Å². The predicted octanol–water partition coefficient (Wildman–Crippen LogP) is 1.50. The first kappa shape index (κ1) is 19.4. The normalized spacial score (nSPS) is 24.3. The Morgan fingerprint density at radius 3 is 2.57 bits per heavy atom. The SMILES string of the molecule is O=C(NCCCn1cccn1)[C@@H]1CCCN(C2CCN(C(=O)C3CC3)CC2)C1. The molecule has 0 unspecified atom stereocenters. The Morgan fingerprint density at radius 1 is 1.04 bits per heavy atom. The molecule has 2 amide bonds. The number of likely N-dealkylation sites (tertiary alicyclic amines) is 2. The Kier molecular flexibility index (Phi) is 6.29. The van der Waals surface area contributed by atoms with E-state index in [-0.39, 0.29) is 11.8 Å². The summed E-state index contributed by atoms with van der Waals surface area (Å²) in [6.45, 7) is 5.28. The first-order valence-corrected chi connectivity index (χ1v) is 11.0. The van der Waals surface area contributed by atoms with Gasteiger partial charge in [-0.25, -0.2) is 0 Å². The van der Waals surface area contributed by atoms with Crippen molar-refractivity contribution >= 4 is 11.8 Å². The quantitative estimate of drug-likeness (QED) is 0.720. The third-order valence-corrected chi connectivity index (χ3v) is 6.47. The molecule has 1 saturated carbocycles. The van der Waals surface area contributed by atoms with Crippen LogP contribution in [-0.2, 0) is 16.1 Å². The largest absolute Gasteiger partial charge is 0.356 e. The maximum absolute atomic E-state index is 12.6. The minimum atomic E-state index is 0.101. The molecule has 1 aromatic heterocycles. The average molecular weight is 388 g/mol. The van der Waals surface area contributed by atoms with Crippen molar-refractivity contribution < 1.29 is 9.59 Å². The Bertz CT molecular complexity index is 650. The number of rotatable bonds is 7. The molecule has 0 spiro atoms. The second kappa shape index (κ2) is 9.07. The van der Waals surface area contributed by atoms with Gasteiger partial charge < -0.3 is 10.2 Å². The van der Waals surface area contributed by atoms with Crippen LogP contribution in [0.25, 0.3) is 0 Å². The number of aromatic nitrogens is 2. The van der Waals surface area contributed by atoms with E-state index in [1.165, 1.54) is 0 Å². The molecule has 1 aliphatic carbocycles. The van der Waals surface area contributed by atoms with E-state index in [4.69, 9.17) is 0 Å². The smallest absolute Gasteiger partial charge is 0.225 e. The van der Waals surface area contributed by atoms with E-state index < -0.39 is 0 Å². The van der Waals surface area contributed by atoms with Crippen LogP contribution in [0.4, 0.5) is 0 Å². The summed E-state index contributed by atoms with van der Waals surface area (Å²) in [4.78, 5) is 29.4. The van der Waals surface area contributed by atoms with E-state index in [9.17, 15) is 9.59 Å². The minimum Gasteiger partial charge on any atom is -0.356 e. The van der Waals surface area contributed by atoms with E-state index in [1.54, 1.807) is 6.20 Å². The van der Waals surface area contributed by atoms with Crippen LogP contribution in [-0.4, -0.2) is 70.2 Å². The summed E-state index contributed by atoms with van der Waals surface area (Å²) in [6, 6.07) is 2.44. The maximum atomic E-state index is 12.6. The molecular formula is C21H33N5O2. The molecule has 3 heterocycles. The number of carbonyl (C=O) groups is 2. The molecule has 7 heteroatoms. The molecule has 2 aliphatic heterocycles. The molecule has 0 radical (unpaired) electrons. The molecule has 1 aromatic rings. The molecule has 1 atom stereocenters. The van der Waals surface area contributed by atoms with Crippen LogP contribution in [0.1, 0.15) is 44.9 Å². The Hall–Kier alpha value is -1.89. The Morgan fingerprint density at radius 2 is 1.86 bits per heavy atom. The molecular weight excluding hydrogens is 354 g/mol. The van der Waals surface area contributed by atoms with Gasteiger partial charge in [-0.05, 0) is 57.6 Å². The summed E-state index contributed by atoms with van der Waals surface area (Å²) in [5.74, 6) is 1.01. The van der Waals surface area contributed by atoms with Gasteiger partial charge in [0.05, 0.1) is 5.92 Å². The van der Waals surface area contributed by atoms with Gasteiger partial charge in [-0.1, -0.05) is 0 Å². The lowest BCUT2D eigenvalue weighted by atomic mass is 9.93. The molecule has 3 aliphatic rings. The first-order chi connectivity index (χ1) is 13.7. The third-order valence-electron chi connectivity index (χ3n) is 6.47. The van der Waals surface area contributed by atoms with Gasteiger partial charge in [-0.3, -0.25) is 19.2 Å². The van der Waals surface area contributed by atoms with E-state index >= 15 is 0 Å². The van der Waals surface area contributed by atoms with Gasteiger partial charge >= 0.3 is 0 Å². The number of hydrogen-bond donors (Lipinski definition) is 1. The molecule has 0 aromatic carbocycles. The van der Waals surface area contributed by atoms with Gasteiger partial charge in [0, 0.05) is 57.1 Å². The zero-order valence-electron chi connectivity index (χ0n) is 16.8. The summed E-state index contributed by atoms with van der Waals surface area (Å²) < 4.78 is 1.90. The van der Waals surface area contributed by atoms with Crippen LogP contribution in [0.3, 0.4) is 0 Å².